The molecule has 1 aromatic heterocycles. The van der Waals surface area contributed by atoms with Crippen LogP contribution in [0.15, 0.2) is 58.5 Å². The molecule has 0 radical (unpaired) electrons. The highest BCUT2D eigenvalue weighted by Crippen LogP contribution is 2.39. The van der Waals surface area contributed by atoms with E-state index >= 15 is 0 Å². The molecule has 2 heterocycles. The summed E-state index contributed by atoms with van der Waals surface area (Å²) in [5, 5.41) is 3.97. The molecule has 1 aliphatic rings. The Hall–Kier alpha value is -2.05. The molecule has 3 nitrogen and oxygen atoms in total. The molecule has 6 heteroatoms. The van der Waals surface area contributed by atoms with Gasteiger partial charge in [-0.2, -0.15) is 0 Å². The number of Topliss-reactive ketones (excluding diaryl/α,β-unsaturated/α-hetero) is 1. The lowest BCUT2D eigenvalue weighted by atomic mass is 9.97. The summed E-state index contributed by atoms with van der Waals surface area (Å²) in [6.45, 7) is 0. The summed E-state index contributed by atoms with van der Waals surface area (Å²) in [7, 11) is 2.07. The molecule has 3 aromatic rings. The quantitative estimate of drug-likeness (QED) is 0.582. The van der Waals surface area contributed by atoms with Crippen molar-refractivity contribution in [1.29, 1.82) is 0 Å². The summed E-state index contributed by atoms with van der Waals surface area (Å²) in [6.07, 6.45) is 1.76. The summed E-state index contributed by atoms with van der Waals surface area (Å²) >= 11 is 3.09. The first-order chi connectivity index (χ1) is 10.7. The minimum atomic E-state index is 0.0741. The molecule has 22 heavy (non-hydrogen) atoms. The van der Waals surface area contributed by atoms with Crippen LogP contribution < -0.4 is 10.8 Å². The largest absolute Gasteiger partial charge is 0.337 e. The second kappa shape index (κ2) is 5.30. The third kappa shape index (κ3) is 2.34. The summed E-state index contributed by atoms with van der Waals surface area (Å²) < 4.78 is 1.15. The number of fused-ring (bicyclic) bond motifs is 2. The van der Waals surface area contributed by atoms with Crippen LogP contribution in [-0.2, 0) is 0 Å². The molecule has 0 amide bonds. The number of carbonyl (C=O) groups is 1. The van der Waals surface area contributed by atoms with E-state index in [2.05, 4.69) is 30.3 Å². The zero-order valence-electron chi connectivity index (χ0n) is 11.8. The second-order valence-electron chi connectivity index (χ2n) is 5.07. The third-order valence-electron chi connectivity index (χ3n) is 3.45. The maximum Gasteiger partial charge on any atom is 0.202 e. The van der Waals surface area contributed by atoms with Crippen molar-refractivity contribution >= 4 is 57.5 Å². The van der Waals surface area contributed by atoms with Gasteiger partial charge in [0.15, 0.2) is 5.13 Å². The molecule has 4 rings (SSSR count). The Morgan fingerprint density at radius 3 is 2.91 bits per heavy atom. The van der Waals surface area contributed by atoms with Gasteiger partial charge in [0.2, 0.25) is 5.78 Å². The highest BCUT2D eigenvalue weighted by atomic mass is 32.2. The molecule has 0 atom stereocenters. The number of nitrogens with one attached hydrogen (secondary N) is 1. The standard InChI is InChI=1S/C16H11BN2OS2/c17-9-5-6-11-13(7-9)22-16(19-11)18-8-14-15(20)10-3-1-2-4-12(10)21-14/h1-8H,17H2,(H,18,19)/b14-8-. The van der Waals surface area contributed by atoms with Crippen molar-refractivity contribution in [2.75, 3.05) is 5.32 Å². The van der Waals surface area contributed by atoms with Gasteiger partial charge in [-0.3, -0.25) is 4.79 Å². The maximum absolute atomic E-state index is 12.3. The topological polar surface area (TPSA) is 42.0 Å². The molecule has 0 bridgehead atoms. The number of anilines is 1. The van der Waals surface area contributed by atoms with Crippen LogP contribution in [0, 0.1) is 0 Å². The van der Waals surface area contributed by atoms with E-state index in [1.54, 1.807) is 17.5 Å². The minimum Gasteiger partial charge on any atom is -0.337 e. The number of aromatic nitrogens is 1. The molecule has 0 unspecified atom stereocenters. The van der Waals surface area contributed by atoms with Crippen molar-refractivity contribution in [2.24, 2.45) is 0 Å². The van der Waals surface area contributed by atoms with Crippen LogP contribution in [-0.4, -0.2) is 18.6 Å². The summed E-state index contributed by atoms with van der Waals surface area (Å²) in [5.41, 5.74) is 2.98. The van der Waals surface area contributed by atoms with E-state index in [0.29, 0.717) is 4.91 Å². The van der Waals surface area contributed by atoms with Crippen molar-refractivity contribution in [1.82, 2.24) is 4.98 Å². The first-order valence-corrected chi connectivity index (χ1v) is 8.49. The van der Waals surface area contributed by atoms with Gasteiger partial charge in [-0.1, -0.05) is 46.8 Å². The Kier molecular flexibility index (Phi) is 3.28. The molecular weight excluding hydrogens is 311 g/mol. The van der Waals surface area contributed by atoms with Gasteiger partial charge < -0.3 is 5.32 Å². The Morgan fingerprint density at radius 1 is 1.18 bits per heavy atom. The first-order valence-electron chi connectivity index (χ1n) is 6.86. The molecule has 2 aromatic carbocycles. The number of ketones is 1. The molecule has 1 aliphatic heterocycles. The van der Waals surface area contributed by atoms with E-state index in [4.69, 9.17) is 0 Å². The van der Waals surface area contributed by atoms with Crippen molar-refractivity contribution < 1.29 is 4.79 Å². The lowest BCUT2D eigenvalue weighted by Crippen LogP contribution is -1.98. The Morgan fingerprint density at radius 2 is 2.05 bits per heavy atom. The first kappa shape index (κ1) is 13.6. The fourth-order valence-electron chi connectivity index (χ4n) is 2.36. The summed E-state index contributed by atoms with van der Waals surface area (Å²) in [4.78, 5) is 18.5. The van der Waals surface area contributed by atoms with E-state index in [-0.39, 0.29) is 5.78 Å². The van der Waals surface area contributed by atoms with Gasteiger partial charge in [0.25, 0.3) is 0 Å². The predicted molar refractivity (Wildman–Crippen MR) is 96.1 cm³/mol. The fraction of sp³-hybridized carbons (Fsp3) is 0. The van der Waals surface area contributed by atoms with E-state index in [1.165, 1.54) is 17.2 Å². The van der Waals surface area contributed by atoms with Gasteiger partial charge in [0.05, 0.1) is 15.1 Å². The average molecular weight is 322 g/mol. The monoisotopic (exact) mass is 322 g/mol. The summed E-state index contributed by atoms with van der Waals surface area (Å²) in [5.74, 6) is 0.0741. The predicted octanol–water partition coefficient (Wildman–Crippen LogP) is 2.80. The van der Waals surface area contributed by atoms with Crippen molar-refractivity contribution in [3.63, 3.8) is 0 Å². The van der Waals surface area contributed by atoms with Crippen molar-refractivity contribution in [3.05, 3.63) is 59.1 Å². The number of allylic oxidation sites excluding steroid dienone is 1. The van der Waals surface area contributed by atoms with E-state index in [0.717, 1.165) is 25.8 Å². The normalized spacial score (nSPS) is 15.5. The fourth-order valence-corrected chi connectivity index (χ4v) is 4.26. The van der Waals surface area contributed by atoms with Crippen LogP contribution in [0.5, 0.6) is 0 Å². The van der Waals surface area contributed by atoms with E-state index < -0.39 is 0 Å². The van der Waals surface area contributed by atoms with Gasteiger partial charge in [-0.15, -0.1) is 0 Å². The zero-order chi connectivity index (χ0) is 15.1. The van der Waals surface area contributed by atoms with Gasteiger partial charge in [-0.25, -0.2) is 4.98 Å². The van der Waals surface area contributed by atoms with Crippen LogP contribution in [0.25, 0.3) is 10.2 Å². The van der Waals surface area contributed by atoms with Crippen LogP contribution in [0.1, 0.15) is 10.4 Å². The van der Waals surface area contributed by atoms with Gasteiger partial charge in [0.1, 0.15) is 7.85 Å². The number of benzene rings is 2. The molecule has 0 saturated carbocycles. The van der Waals surface area contributed by atoms with Gasteiger partial charge >= 0.3 is 0 Å². The SMILES string of the molecule is Bc1ccc2nc(N/C=C3\Sc4ccccc4C3=O)sc2c1. The maximum atomic E-state index is 12.3. The van der Waals surface area contributed by atoms with E-state index in [9.17, 15) is 4.79 Å². The lowest BCUT2D eigenvalue weighted by Gasteiger charge is -1.95. The Labute approximate surface area is 136 Å². The smallest absolute Gasteiger partial charge is 0.202 e. The number of rotatable bonds is 2. The molecule has 1 N–H and O–H groups in total. The molecule has 0 fully saturated rings. The average Bonchev–Trinajstić information content (AvgIpc) is 3.06. The van der Waals surface area contributed by atoms with Crippen molar-refractivity contribution in [3.8, 4) is 0 Å². The second-order valence-corrected chi connectivity index (χ2v) is 7.18. The number of thiazole rings is 1. The summed E-state index contributed by atoms with van der Waals surface area (Å²) in [6, 6.07) is 13.9. The number of hydrogen-bond donors (Lipinski definition) is 1. The van der Waals surface area contributed by atoms with Gasteiger partial charge in [-0.05, 0) is 24.3 Å². The van der Waals surface area contributed by atoms with E-state index in [1.807, 2.05) is 30.3 Å². The Bertz CT molecular complexity index is 933. The minimum absolute atomic E-state index is 0.0741. The molecule has 106 valence electrons. The van der Waals surface area contributed by atoms with Gasteiger partial charge in [0, 0.05) is 16.7 Å². The lowest BCUT2D eigenvalue weighted by molar-refractivity contribution is 0.104. The molecular formula is C16H11BN2OS2. The number of nitrogens with zero attached hydrogens (tertiary/aromatic N) is 1. The molecule has 0 spiro atoms. The van der Waals surface area contributed by atoms with Crippen LogP contribution in [0.2, 0.25) is 0 Å². The third-order valence-corrected chi connectivity index (χ3v) is 5.49. The zero-order valence-corrected chi connectivity index (χ0v) is 13.4. The number of hydrogen-bond acceptors (Lipinski definition) is 5. The van der Waals surface area contributed by atoms with Crippen molar-refractivity contribution in [2.45, 2.75) is 4.90 Å². The number of thioether (sulfide) groups is 1. The van der Waals surface area contributed by atoms with Crippen LogP contribution >= 0.6 is 23.1 Å². The Balaban J connectivity index is 1.60. The van der Waals surface area contributed by atoms with Crippen LogP contribution in [0.3, 0.4) is 0 Å². The highest BCUT2D eigenvalue weighted by molar-refractivity contribution is 8.04. The molecule has 0 aliphatic carbocycles. The molecule has 0 saturated heterocycles. The van der Waals surface area contributed by atoms with Crippen LogP contribution in [0.4, 0.5) is 5.13 Å². The highest BCUT2D eigenvalue weighted by Gasteiger charge is 2.25. The number of carbonyl (C=O) groups excluding carboxylic acids is 1.